The van der Waals surface area contributed by atoms with Gasteiger partial charge in [-0.05, 0) is 50.8 Å². The van der Waals surface area contributed by atoms with Crippen molar-refractivity contribution in [2.45, 2.75) is 47.5 Å². The third-order valence-corrected chi connectivity index (χ3v) is 3.75. The number of aryl methyl sites for hydroxylation is 1. The summed E-state index contributed by atoms with van der Waals surface area (Å²) in [4.78, 5) is 14.8. The molecule has 0 radical (unpaired) electrons. The lowest BCUT2D eigenvalue weighted by Gasteiger charge is -2.23. The summed E-state index contributed by atoms with van der Waals surface area (Å²) < 4.78 is 0. The molecule has 2 heteroatoms. The molecule has 0 aliphatic carbocycles. The third-order valence-electron chi connectivity index (χ3n) is 3.75. The molecule has 1 aromatic rings. The van der Waals surface area contributed by atoms with Crippen molar-refractivity contribution in [1.82, 2.24) is 4.90 Å². The Morgan fingerprint density at radius 3 is 2.10 bits per heavy atom. The number of ketones is 1. The summed E-state index contributed by atoms with van der Waals surface area (Å²) in [5.41, 5.74) is 1.99. The molecule has 0 spiro atoms. The minimum atomic E-state index is 0.242. The van der Waals surface area contributed by atoms with Crippen LogP contribution < -0.4 is 0 Å². The molecule has 0 aliphatic heterocycles. The number of carbonyl (C=O) groups is 1. The SMILES string of the molecule is Cc1cccc(C(=O)CN(CCC(C)C)CCC(C)C)c1. The molecule has 1 aromatic carbocycles. The molecule has 0 atom stereocenters. The van der Waals surface area contributed by atoms with Crippen LogP contribution in [0.15, 0.2) is 24.3 Å². The Morgan fingerprint density at radius 1 is 1.05 bits per heavy atom. The Hall–Kier alpha value is -1.15. The van der Waals surface area contributed by atoms with E-state index in [1.54, 1.807) is 0 Å². The Morgan fingerprint density at radius 2 is 1.62 bits per heavy atom. The molecule has 0 heterocycles. The van der Waals surface area contributed by atoms with E-state index in [0.29, 0.717) is 18.4 Å². The highest BCUT2D eigenvalue weighted by Crippen LogP contribution is 2.10. The molecular formula is C19H31NO. The molecule has 21 heavy (non-hydrogen) atoms. The molecular weight excluding hydrogens is 258 g/mol. The summed E-state index contributed by atoms with van der Waals surface area (Å²) in [7, 11) is 0. The number of Topliss-reactive ketones (excluding diaryl/α,β-unsaturated/α-hetero) is 1. The lowest BCUT2D eigenvalue weighted by Crippen LogP contribution is -2.33. The van der Waals surface area contributed by atoms with Crippen molar-refractivity contribution < 1.29 is 4.79 Å². The Labute approximate surface area is 130 Å². The molecule has 0 saturated carbocycles. The first-order chi connectivity index (χ1) is 9.88. The maximum atomic E-state index is 12.5. The van der Waals surface area contributed by atoms with Gasteiger partial charge in [0, 0.05) is 5.56 Å². The summed E-state index contributed by atoms with van der Waals surface area (Å²) in [6.07, 6.45) is 2.30. The molecule has 0 fully saturated rings. The van der Waals surface area contributed by atoms with E-state index in [9.17, 15) is 4.79 Å². The van der Waals surface area contributed by atoms with Crippen LogP contribution in [0.2, 0.25) is 0 Å². The van der Waals surface area contributed by atoms with Gasteiger partial charge in [-0.15, -0.1) is 0 Å². The van der Waals surface area contributed by atoms with E-state index >= 15 is 0 Å². The van der Waals surface area contributed by atoms with E-state index in [1.807, 2.05) is 31.2 Å². The number of rotatable bonds is 9. The van der Waals surface area contributed by atoms with Crippen LogP contribution >= 0.6 is 0 Å². The summed E-state index contributed by atoms with van der Waals surface area (Å²) in [5, 5.41) is 0. The second-order valence-electron chi connectivity index (χ2n) is 6.93. The predicted molar refractivity (Wildman–Crippen MR) is 90.9 cm³/mol. The van der Waals surface area contributed by atoms with Gasteiger partial charge >= 0.3 is 0 Å². The fraction of sp³-hybridized carbons (Fsp3) is 0.632. The maximum Gasteiger partial charge on any atom is 0.176 e. The van der Waals surface area contributed by atoms with Gasteiger partial charge in [-0.3, -0.25) is 9.69 Å². The van der Waals surface area contributed by atoms with Gasteiger partial charge in [-0.2, -0.15) is 0 Å². The largest absolute Gasteiger partial charge is 0.296 e. The first kappa shape index (κ1) is 17.9. The minimum Gasteiger partial charge on any atom is -0.296 e. The van der Waals surface area contributed by atoms with Gasteiger partial charge in [0.25, 0.3) is 0 Å². The van der Waals surface area contributed by atoms with Crippen molar-refractivity contribution in [1.29, 1.82) is 0 Å². The molecule has 0 aliphatic rings. The highest BCUT2D eigenvalue weighted by atomic mass is 16.1. The van der Waals surface area contributed by atoms with E-state index in [4.69, 9.17) is 0 Å². The number of nitrogens with zero attached hydrogens (tertiary/aromatic N) is 1. The summed E-state index contributed by atoms with van der Waals surface area (Å²) in [6, 6.07) is 7.92. The van der Waals surface area contributed by atoms with Crippen molar-refractivity contribution in [3.63, 3.8) is 0 Å². The molecule has 0 N–H and O–H groups in total. The zero-order chi connectivity index (χ0) is 15.8. The standard InChI is InChI=1S/C19H31NO/c1-15(2)9-11-20(12-10-16(3)4)14-19(21)18-8-6-7-17(5)13-18/h6-8,13,15-16H,9-12,14H2,1-5H3. The van der Waals surface area contributed by atoms with Crippen LogP contribution in [0.4, 0.5) is 0 Å². The van der Waals surface area contributed by atoms with Crippen LogP contribution in [0.25, 0.3) is 0 Å². The summed E-state index contributed by atoms with van der Waals surface area (Å²) >= 11 is 0. The molecule has 0 saturated heterocycles. The van der Waals surface area contributed by atoms with Gasteiger partial charge < -0.3 is 0 Å². The van der Waals surface area contributed by atoms with Gasteiger partial charge in [-0.1, -0.05) is 51.5 Å². The van der Waals surface area contributed by atoms with Crippen molar-refractivity contribution in [2.24, 2.45) is 11.8 Å². The van der Waals surface area contributed by atoms with Gasteiger partial charge in [0.15, 0.2) is 5.78 Å². The molecule has 118 valence electrons. The fourth-order valence-corrected chi connectivity index (χ4v) is 2.26. The van der Waals surface area contributed by atoms with Crippen LogP contribution in [0.1, 0.15) is 56.5 Å². The van der Waals surface area contributed by atoms with Crippen LogP contribution in [-0.4, -0.2) is 30.3 Å². The third kappa shape index (κ3) is 7.42. The van der Waals surface area contributed by atoms with Crippen molar-refractivity contribution >= 4 is 5.78 Å². The number of benzene rings is 1. The van der Waals surface area contributed by atoms with E-state index in [-0.39, 0.29) is 5.78 Å². The zero-order valence-electron chi connectivity index (χ0n) is 14.4. The van der Waals surface area contributed by atoms with E-state index in [1.165, 1.54) is 0 Å². The predicted octanol–water partition coefficient (Wildman–Crippen LogP) is 4.57. The Balaban J connectivity index is 2.63. The Kier molecular flexibility index (Phi) is 7.66. The highest BCUT2D eigenvalue weighted by Gasteiger charge is 2.13. The van der Waals surface area contributed by atoms with Crippen LogP contribution in [0.5, 0.6) is 0 Å². The van der Waals surface area contributed by atoms with Crippen molar-refractivity contribution in [3.8, 4) is 0 Å². The molecule has 1 rings (SSSR count). The second kappa shape index (κ2) is 8.99. The van der Waals surface area contributed by atoms with Crippen molar-refractivity contribution in [2.75, 3.05) is 19.6 Å². The molecule has 0 bridgehead atoms. The lowest BCUT2D eigenvalue weighted by molar-refractivity contribution is 0.0923. The number of carbonyl (C=O) groups excluding carboxylic acids is 1. The average molecular weight is 289 g/mol. The minimum absolute atomic E-state index is 0.242. The Bertz CT molecular complexity index is 425. The molecule has 0 aromatic heterocycles. The van der Waals surface area contributed by atoms with Gasteiger partial charge in [-0.25, -0.2) is 0 Å². The van der Waals surface area contributed by atoms with Gasteiger partial charge in [0.05, 0.1) is 6.54 Å². The summed E-state index contributed by atoms with van der Waals surface area (Å²) in [5.74, 6) is 1.60. The first-order valence-corrected chi connectivity index (χ1v) is 8.20. The molecule has 0 unspecified atom stereocenters. The van der Waals surface area contributed by atoms with Gasteiger partial charge in [0.1, 0.15) is 0 Å². The van der Waals surface area contributed by atoms with Crippen molar-refractivity contribution in [3.05, 3.63) is 35.4 Å². The smallest absolute Gasteiger partial charge is 0.176 e. The van der Waals surface area contributed by atoms with Crippen LogP contribution in [0.3, 0.4) is 0 Å². The maximum absolute atomic E-state index is 12.5. The van der Waals surface area contributed by atoms with E-state index < -0.39 is 0 Å². The normalized spacial score (nSPS) is 11.6. The second-order valence-corrected chi connectivity index (χ2v) is 6.93. The number of hydrogen-bond acceptors (Lipinski definition) is 2. The highest BCUT2D eigenvalue weighted by molar-refractivity contribution is 5.97. The summed E-state index contributed by atoms with van der Waals surface area (Å²) in [6.45, 7) is 13.6. The number of hydrogen-bond donors (Lipinski definition) is 0. The molecule has 2 nitrogen and oxygen atoms in total. The van der Waals surface area contributed by atoms with Gasteiger partial charge in [0.2, 0.25) is 0 Å². The van der Waals surface area contributed by atoms with Crippen LogP contribution in [-0.2, 0) is 0 Å². The van der Waals surface area contributed by atoms with E-state index in [0.717, 1.165) is 37.1 Å². The quantitative estimate of drug-likeness (QED) is 0.621. The molecule has 0 amide bonds. The van der Waals surface area contributed by atoms with E-state index in [2.05, 4.69) is 32.6 Å². The zero-order valence-corrected chi connectivity index (χ0v) is 14.4. The monoisotopic (exact) mass is 289 g/mol. The fourth-order valence-electron chi connectivity index (χ4n) is 2.26. The topological polar surface area (TPSA) is 20.3 Å². The average Bonchev–Trinajstić information content (AvgIpc) is 2.41. The van der Waals surface area contributed by atoms with Crippen LogP contribution in [0, 0.1) is 18.8 Å². The first-order valence-electron chi connectivity index (χ1n) is 8.20. The lowest BCUT2D eigenvalue weighted by atomic mass is 10.1.